The van der Waals surface area contributed by atoms with E-state index in [4.69, 9.17) is 16.3 Å². The monoisotopic (exact) mass is 674 g/mol. The van der Waals surface area contributed by atoms with E-state index in [0.29, 0.717) is 34.9 Å². The van der Waals surface area contributed by atoms with Gasteiger partial charge in [0.05, 0.1) is 18.0 Å². The van der Waals surface area contributed by atoms with Crippen LogP contribution in [0.25, 0.3) is 5.69 Å². The van der Waals surface area contributed by atoms with Crippen LogP contribution in [-0.2, 0) is 17.9 Å². The van der Waals surface area contributed by atoms with Gasteiger partial charge in [0, 0.05) is 26.4 Å². The largest absolute Gasteiger partial charge is 0.488 e. The lowest BCUT2D eigenvalue weighted by atomic mass is 10.2. The summed E-state index contributed by atoms with van der Waals surface area (Å²) < 4.78 is 8.95. The number of hydrogen-bond acceptors (Lipinski definition) is 7. The maximum Gasteiger partial charge on any atom is 0.253 e. The molecular weight excluding hydrogens is 648 g/mol. The Morgan fingerprint density at radius 2 is 1.79 bits per heavy atom. The number of thioether (sulfide) groups is 1. The third-order valence-electron chi connectivity index (χ3n) is 6.24. The Morgan fingerprint density at radius 3 is 2.58 bits per heavy atom. The molecule has 0 radical (unpaired) electrons. The van der Waals surface area contributed by atoms with Crippen LogP contribution in [0.15, 0.2) is 118 Å². The summed E-state index contributed by atoms with van der Waals surface area (Å²) in [6.45, 7) is 2.64. The number of anilines is 1. The first-order valence-electron chi connectivity index (χ1n) is 13.4. The highest BCUT2D eigenvalue weighted by atomic mass is 79.9. The first kappa shape index (κ1) is 30.3. The smallest absolute Gasteiger partial charge is 0.253 e. The van der Waals surface area contributed by atoms with Crippen LogP contribution in [0.4, 0.5) is 5.69 Å². The molecule has 8 nitrogen and oxygen atoms in total. The van der Waals surface area contributed by atoms with Gasteiger partial charge in [0.25, 0.3) is 5.91 Å². The number of aromatic nitrogens is 3. The highest BCUT2D eigenvalue weighted by Crippen LogP contribution is 2.27. The number of carbonyl (C=O) groups is 1. The minimum atomic E-state index is -0.496. The molecule has 0 saturated carbocycles. The number of hydrazone groups is 1. The predicted octanol–water partition coefficient (Wildman–Crippen LogP) is 7.51. The van der Waals surface area contributed by atoms with E-state index in [2.05, 4.69) is 42.0 Å². The Labute approximate surface area is 267 Å². The van der Waals surface area contributed by atoms with E-state index in [1.165, 1.54) is 11.8 Å². The minimum Gasteiger partial charge on any atom is -0.488 e. The van der Waals surface area contributed by atoms with Gasteiger partial charge in [-0.15, -0.1) is 10.2 Å². The maximum atomic E-state index is 13.0. The van der Waals surface area contributed by atoms with Crippen LogP contribution in [0.1, 0.15) is 23.9 Å². The summed E-state index contributed by atoms with van der Waals surface area (Å²) in [5.74, 6) is 1.10. The van der Waals surface area contributed by atoms with Gasteiger partial charge in [0.2, 0.25) is 0 Å². The summed E-state index contributed by atoms with van der Waals surface area (Å²) in [5.41, 5.74) is 6.23. The van der Waals surface area contributed by atoms with Crippen molar-refractivity contribution < 1.29 is 9.53 Å². The second-order valence-corrected chi connectivity index (χ2v) is 12.0. The van der Waals surface area contributed by atoms with Crippen molar-refractivity contribution in [3.8, 4) is 11.4 Å². The fourth-order valence-electron chi connectivity index (χ4n) is 4.05. The number of ether oxygens (including phenoxy) is 1. The summed E-state index contributed by atoms with van der Waals surface area (Å²) in [6.07, 6.45) is 1.58. The van der Waals surface area contributed by atoms with E-state index in [-0.39, 0.29) is 5.91 Å². The fraction of sp³-hybridized carbons (Fsp3) is 0.125. The van der Waals surface area contributed by atoms with Gasteiger partial charge in [0.15, 0.2) is 11.0 Å². The number of rotatable bonds is 12. The normalized spacial score (nSPS) is 11.8. The quantitative estimate of drug-likeness (QED) is 0.0808. The first-order valence-corrected chi connectivity index (χ1v) is 15.5. The summed E-state index contributed by atoms with van der Waals surface area (Å²) in [5, 5.41) is 17.2. The van der Waals surface area contributed by atoms with Crippen molar-refractivity contribution in [1.29, 1.82) is 0 Å². The number of nitrogens with zero attached hydrogens (tertiary/aromatic N) is 4. The highest BCUT2D eigenvalue weighted by Gasteiger charge is 2.21. The van der Waals surface area contributed by atoms with Crippen molar-refractivity contribution in [2.75, 3.05) is 5.32 Å². The van der Waals surface area contributed by atoms with Gasteiger partial charge in [-0.3, -0.25) is 9.36 Å². The molecule has 1 heterocycles. The molecule has 0 aliphatic rings. The molecule has 1 aromatic heterocycles. The lowest BCUT2D eigenvalue weighted by Gasteiger charge is -2.13. The molecule has 0 fully saturated rings. The molecule has 0 aliphatic carbocycles. The predicted molar refractivity (Wildman–Crippen MR) is 176 cm³/mol. The second-order valence-electron chi connectivity index (χ2n) is 9.38. The van der Waals surface area contributed by atoms with Crippen LogP contribution in [0.5, 0.6) is 5.75 Å². The van der Waals surface area contributed by atoms with E-state index in [9.17, 15) is 4.79 Å². The molecule has 0 saturated heterocycles. The molecule has 1 atom stereocenters. The number of para-hydroxylation sites is 2. The van der Waals surface area contributed by atoms with Gasteiger partial charge in [0.1, 0.15) is 12.4 Å². The van der Waals surface area contributed by atoms with Gasteiger partial charge in [-0.25, -0.2) is 5.43 Å². The van der Waals surface area contributed by atoms with Gasteiger partial charge in [-0.1, -0.05) is 81.8 Å². The standard InChI is InChI=1S/C32H28BrClN6O2S/c1-22(31(41)38-36-19-24-9-5-6-13-29(24)42-21-23-8-7-10-25(33)18-23)43-32-39-37-30(40(32)28-11-3-2-4-12-28)20-35-27-16-14-26(34)15-17-27/h2-19,22,35H,20-21H2,1H3,(H,38,41). The molecule has 2 N–H and O–H groups in total. The van der Waals surface area contributed by atoms with Crippen LogP contribution in [0.3, 0.4) is 0 Å². The lowest BCUT2D eigenvalue weighted by molar-refractivity contribution is -0.120. The van der Waals surface area contributed by atoms with E-state index < -0.39 is 5.25 Å². The third-order valence-corrected chi connectivity index (χ3v) is 8.03. The summed E-state index contributed by atoms with van der Waals surface area (Å²) in [6, 6.07) is 32.7. The molecule has 218 valence electrons. The molecule has 43 heavy (non-hydrogen) atoms. The van der Waals surface area contributed by atoms with Crippen LogP contribution in [-0.4, -0.2) is 32.1 Å². The van der Waals surface area contributed by atoms with Gasteiger partial charge in [-0.05, 0) is 73.2 Å². The number of amides is 1. The number of halogens is 2. The molecule has 0 bridgehead atoms. The van der Waals surface area contributed by atoms with E-state index >= 15 is 0 Å². The van der Waals surface area contributed by atoms with Crippen LogP contribution in [0.2, 0.25) is 5.02 Å². The Balaban J connectivity index is 1.23. The van der Waals surface area contributed by atoms with Crippen LogP contribution < -0.4 is 15.5 Å². The van der Waals surface area contributed by atoms with Crippen molar-refractivity contribution in [3.63, 3.8) is 0 Å². The highest BCUT2D eigenvalue weighted by molar-refractivity contribution is 9.10. The average molecular weight is 676 g/mol. The number of hydrogen-bond donors (Lipinski definition) is 2. The number of benzene rings is 4. The molecule has 4 aromatic carbocycles. The summed E-state index contributed by atoms with van der Waals surface area (Å²) in [4.78, 5) is 13.0. The summed E-state index contributed by atoms with van der Waals surface area (Å²) >= 11 is 10.8. The molecule has 11 heteroatoms. The van der Waals surface area contributed by atoms with Crippen molar-refractivity contribution in [2.45, 2.75) is 30.5 Å². The van der Waals surface area contributed by atoms with Crippen molar-refractivity contribution >= 4 is 57.1 Å². The zero-order valence-electron chi connectivity index (χ0n) is 23.2. The van der Waals surface area contributed by atoms with Gasteiger partial charge < -0.3 is 10.1 Å². The molecular formula is C32H28BrClN6O2S. The molecule has 5 rings (SSSR count). The van der Waals surface area contributed by atoms with Crippen molar-refractivity contribution in [2.24, 2.45) is 5.10 Å². The SMILES string of the molecule is CC(Sc1nnc(CNc2ccc(Cl)cc2)n1-c1ccccc1)C(=O)NN=Cc1ccccc1OCc1cccc(Br)c1. The van der Waals surface area contributed by atoms with Crippen LogP contribution >= 0.6 is 39.3 Å². The van der Waals surface area contributed by atoms with E-state index in [0.717, 1.165) is 27.0 Å². The Bertz CT molecular complexity index is 1700. The minimum absolute atomic E-state index is 0.266. The summed E-state index contributed by atoms with van der Waals surface area (Å²) in [7, 11) is 0. The van der Waals surface area contributed by atoms with E-state index in [1.54, 1.807) is 13.1 Å². The Hall–Kier alpha value is -4.12. The van der Waals surface area contributed by atoms with Gasteiger partial charge >= 0.3 is 0 Å². The topological polar surface area (TPSA) is 93.4 Å². The van der Waals surface area contributed by atoms with Gasteiger partial charge in [-0.2, -0.15) is 5.10 Å². The zero-order chi connectivity index (χ0) is 30.0. The lowest BCUT2D eigenvalue weighted by Crippen LogP contribution is -2.27. The molecule has 0 spiro atoms. The Morgan fingerprint density at radius 1 is 1.02 bits per heavy atom. The fourth-order valence-corrected chi connectivity index (χ4v) is 5.50. The second kappa shape index (κ2) is 14.9. The van der Waals surface area contributed by atoms with E-state index in [1.807, 2.05) is 108 Å². The van der Waals surface area contributed by atoms with Crippen molar-refractivity contribution in [3.05, 3.63) is 130 Å². The average Bonchev–Trinajstić information content (AvgIpc) is 3.42. The first-order chi connectivity index (χ1) is 21.0. The molecule has 0 aliphatic heterocycles. The molecule has 1 amide bonds. The molecule has 5 aromatic rings. The number of nitrogens with one attached hydrogen (secondary N) is 2. The van der Waals surface area contributed by atoms with Crippen LogP contribution in [0, 0.1) is 0 Å². The molecule has 1 unspecified atom stereocenters. The van der Waals surface area contributed by atoms with Crippen molar-refractivity contribution in [1.82, 2.24) is 20.2 Å². The zero-order valence-corrected chi connectivity index (χ0v) is 26.3. The Kier molecular flexibility index (Phi) is 10.5. The maximum absolute atomic E-state index is 13.0. The number of carbonyl (C=O) groups excluding carboxylic acids is 1. The third kappa shape index (κ3) is 8.47.